The molecule has 0 heterocycles. The van der Waals surface area contributed by atoms with Gasteiger partial charge in [-0.3, -0.25) is 4.79 Å². The summed E-state index contributed by atoms with van der Waals surface area (Å²) in [6.07, 6.45) is 6.10. The Hall–Kier alpha value is -2.19. The molecule has 0 amide bonds. The molecule has 0 bridgehead atoms. The molecule has 0 aliphatic heterocycles. The van der Waals surface area contributed by atoms with Crippen molar-refractivity contribution in [1.29, 1.82) is 0 Å². The smallest absolute Gasteiger partial charge is 0.307 e. The molecule has 5 nitrogen and oxygen atoms in total. The van der Waals surface area contributed by atoms with Crippen molar-refractivity contribution >= 4 is 5.97 Å². The number of methoxy groups -OCH3 is 2. The lowest BCUT2D eigenvalue weighted by atomic mass is 9.95. The van der Waals surface area contributed by atoms with Crippen molar-refractivity contribution in [3.8, 4) is 23.3 Å². The van der Waals surface area contributed by atoms with Gasteiger partial charge in [0.2, 0.25) is 0 Å². The number of hydrogen-bond acceptors (Lipinski definition) is 5. The summed E-state index contributed by atoms with van der Waals surface area (Å²) in [6.45, 7) is 0.109. The molecule has 142 valence electrons. The summed E-state index contributed by atoms with van der Waals surface area (Å²) in [5.41, 5.74) is 0.903. The predicted octanol–water partition coefficient (Wildman–Crippen LogP) is 3.44. The van der Waals surface area contributed by atoms with Crippen LogP contribution in [0.2, 0.25) is 0 Å². The van der Waals surface area contributed by atoms with Crippen LogP contribution in [0.4, 0.5) is 0 Å². The van der Waals surface area contributed by atoms with Crippen LogP contribution < -0.4 is 9.47 Å². The minimum absolute atomic E-state index is 0.109. The Kier molecular flexibility index (Phi) is 8.30. The predicted molar refractivity (Wildman–Crippen MR) is 99.3 cm³/mol. The first kappa shape index (κ1) is 20.1. The van der Waals surface area contributed by atoms with Crippen molar-refractivity contribution in [3.63, 3.8) is 0 Å². The van der Waals surface area contributed by atoms with Crippen molar-refractivity contribution < 1.29 is 24.1 Å². The normalized spacial score (nSPS) is 15.0. The molecule has 0 aromatic heterocycles. The van der Waals surface area contributed by atoms with Gasteiger partial charge in [0.05, 0.1) is 32.7 Å². The largest absolute Gasteiger partial charge is 0.493 e. The minimum Gasteiger partial charge on any atom is -0.493 e. The van der Waals surface area contributed by atoms with Crippen LogP contribution >= 0.6 is 0 Å². The Morgan fingerprint density at radius 2 is 2.04 bits per heavy atom. The van der Waals surface area contributed by atoms with Gasteiger partial charge < -0.3 is 19.3 Å². The third-order valence-corrected chi connectivity index (χ3v) is 4.52. The minimum atomic E-state index is -0.305. The van der Waals surface area contributed by atoms with Crippen LogP contribution in [0.15, 0.2) is 18.2 Å². The second-order valence-corrected chi connectivity index (χ2v) is 6.42. The van der Waals surface area contributed by atoms with E-state index in [1.807, 2.05) is 18.2 Å². The zero-order valence-electron chi connectivity index (χ0n) is 15.6. The van der Waals surface area contributed by atoms with Crippen molar-refractivity contribution in [2.45, 2.75) is 57.0 Å². The van der Waals surface area contributed by atoms with Crippen LogP contribution in [-0.2, 0) is 9.53 Å². The van der Waals surface area contributed by atoms with E-state index in [1.165, 1.54) is 20.0 Å². The highest BCUT2D eigenvalue weighted by Crippen LogP contribution is 2.35. The van der Waals surface area contributed by atoms with E-state index in [2.05, 4.69) is 11.8 Å². The Morgan fingerprint density at radius 1 is 1.27 bits per heavy atom. The molecule has 1 unspecified atom stereocenters. The van der Waals surface area contributed by atoms with Crippen LogP contribution in [-0.4, -0.2) is 38.0 Å². The lowest BCUT2D eigenvalue weighted by Crippen LogP contribution is -2.12. The van der Waals surface area contributed by atoms with Crippen molar-refractivity contribution in [2.24, 2.45) is 0 Å². The molecule has 1 aromatic rings. The van der Waals surface area contributed by atoms with Gasteiger partial charge in [0.15, 0.2) is 11.5 Å². The summed E-state index contributed by atoms with van der Waals surface area (Å²) in [5, 5.41) is 8.89. The van der Waals surface area contributed by atoms with Gasteiger partial charge in [0, 0.05) is 13.0 Å². The number of ether oxygens (including phenoxy) is 3. The summed E-state index contributed by atoms with van der Waals surface area (Å²) in [7, 11) is 3.00. The van der Waals surface area contributed by atoms with Crippen molar-refractivity contribution in [3.05, 3.63) is 23.8 Å². The number of hydrogen-bond donors (Lipinski definition) is 1. The summed E-state index contributed by atoms with van der Waals surface area (Å²) in [6, 6.07) is 5.69. The molecule has 1 atom stereocenters. The first-order chi connectivity index (χ1) is 12.7. The Labute approximate surface area is 155 Å². The number of carbonyl (C=O) groups excluding carboxylic acids is 1. The molecule has 26 heavy (non-hydrogen) atoms. The lowest BCUT2D eigenvalue weighted by Gasteiger charge is -2.18. The van der Waals surface area contributed by atoms with E-state index >= 15 is 0 Å². The summed E-state index contributed by atoms with van der Waals surface area (Å²) in [5.74, 6) is 6.98. The zero-order valence-corrected chi connectivity index (χ0v) is 15.6. The monoisotopic (exact) mass is 360 g/mol. The SMILES string of the molecule is COC(=O)CC(C#CCCCO)c1ccc(OC)c(OC2CCCC2)c1. The molecule has 5 heteroatoms. The standard InChI is InChI=1S/C21H28O5/c1-24-19-12-11-17(14-20(19)26-18-9-5-6-10-18)16(15-21(23)25-2)8-4-3-7-13-22/h11-12,14,16,18,22H,3,5-7,9-10,13,15H2,1-2H3. The van der Waals surface area contributed by atoms with E-state index in [0.717, 1.165) is 18.4 Å². The number of aliphatic hydroxyl groups excluding tert-OH is 1. The first-order valence-electron chi connectivity index (χ1n) is 9.18. The average molecular weight is 360 g/mol. The molecular weight excluding hydrogens is 332 g/mol. The van der Waals surface area contributed by atoms with Crippen LogP contribution in [0, 0.1) is 11.8 Å². The topological polar surface area (TPSA) is 65.0 Å². The molecule has 1 fully saturated rings. The van der Waals surface area contributed by atoms with Crippen molar-refractivity contribution in [2.75, 3.05) is 20.8 Å². The molecule has 1 saturated carbocycles. The van der Waals surface area contributed by atoms with E-state index < -0.39 is 0 Å². The fourth-order valence-corrected chi connectivity index (χ4v) is 3.05. The molecule has 0 radical (unpaired) electrons. The summed E-state index contributed by atoms with van der Waals surface area (Å²) in [4.78, 5) is 11.8. The number of unbranched alkanes of at least 4 members (excludes halogenated alkanes) is 1. The molecule has 1 aromatic carbocycles. The van der Waals surface area contributed by atoms with Gasteiger partial charge in [0.25, 0.3) is 0 Å². The van der Waals surface area contributed by atoms with Crippen molar-refractivity contribution in [1.82, 2.24) is 0 Å². The van der Waals surface area contributed by atoms with E-state index in [0.29, 0.717) is 24.3 Å². The Bertz CT molecular complexity index is 638. The Morgan fingerprint density at radius 3 is 2.69 bits per heavy atom. The van der Waals surface area contributed by atoms with E-state index in [-0.39, 0.29) is 31.0 Å². The van der Waals surface area contributed by atoms with E-state index in [4.69, 9.17) is 19.3 Å². The number of carbonyl (C=O) groups is 1. The van der Waals surface area contributed by atoms with Gasteiger partial charge in [-0.05, 0) is 49.8 Å². The maximum absolute atomic E-state index is 11.8. The van der Waals surface area contributed by atoms with Gasteiger partial charge in [-0.15, -0.1) is 5.92 Å². The number of aliphatic hydroxyl groups is 1. The molecule has 2 rings (SSSR count). The fraction of sp³-hybridized carbons (Fsp3) is 0.571. The third-order valence-electron chi connectivity index (χ3n) is 4.52. The second-order valence-electron chi connectivity index (χ2n) is 6.42. The van der Waals surface area contributed by atoms with Gasteiger partial charge in [-0.2, -0.15) is 0 Å². The first-order valence-corrected chi connectivity index (χ1v) is 9.18. The third kappa shape index (κ3) is 5.96. The number of rotatable bonds is 8. The van der Waals surface area contributed by atoms with Gasteiger partial charge in [-0.25, -0.2) is 0 Å². The maximum Gasteiger partial charge on any atom is 0.307 e. The zero-order chi connectivity index (χ0) is 18.8. The fourth-order valence-electron chi connectivity index (χ4n) is 3.05. The quantitative estimate of drug-likeness (QED) is 0.437. The van der Waals surface area contributed by atoms with Crippen LogP contribution in [0.1, 0.15) is 56.4 Å². The summed E-state index contributed by atoms with van der Waals surface area (Å²) < 4.78 is 16.4. The van der Waals surface area contributed by atoms with Crippen LogP contribution in [0.5, 0.6) is 11.5 Å². The Balaban J connectivity index is 2.23. The van der Waals surface area contributed by atoms with Crippen LogP contribution in [0.25, 0.3) is 0 Å². The lowest BCUT2D eigenvalue weighted by molar-refractivity contribution is -0.140. The summed E-state index contributed by atoms with van der Waals surface area (Å²) >= 11 is 0. The molecule has 0 saturated heterocycles. The number of esters is 1. The molecule has 0 spiro atoms. The molecular formula is C21H28O5. The van der Waals surface area contributed by atoms with Gasteiger partial charge >= 0.3 is 5.97 Å². The highest BCUT2D eigenvalue weighted by Gasteiger charge is 2.21. The number of benzene rings is 1. The average Bonchev–Trinajstić information content (AvgIpc) is 3.17. The van der Waals surface area contributed by atoms with E-state index in [9.17, 15) is 4.79 Å². The van der Waals surface area contributed by atoms with Gasteiger partial charge in [-0.1, -0.05) is 12.0 Å². The maximum atomic E-state index is 11.8. The highest BCUT2D eigenvalue weighted by molar-refractivity contribution is 5.71. The highest BCUT2D eigenvalue weighted by atomic mass is 16.5. The molecule has 1 aliphatic carbocycles. The van der Waals surface area contributed by atoms with E-state index in [1.54, 1.807) is 7.11 Å². The molecule has 1 N–H and O–H groups in total. The molecule has 1 aliphatic rings. The van der Waals surface area contributed by atoms with Crippen LogP contribution in [0.3, 0.4) is 0 Å². The van der Waals surface area contributed by atoms with Gasteiger partial charge in [0.1, 0.15) is 0 Å². The second kappa shape index (κ2) is 10.7.